The minimum atomic E-state index is -4.01. The number of carbonyl (C=O) groups is 1. The smallest absolute Gasteiger partial charge is 0.380 e. The van der Waals surface area contributed by atoms with Gasteiger partial charge in [-0.3, -0.25) is 13.9 Å². The van der Waals surface area contributed by atoms with Crippen molar-refractivity contribution in [2.75, 3.05) is 12.8 Å². The van der Waals surface area contributed by atoms with E-state index in [1.165, 1.54) is 24.0 Å². The zero-order valence-electron chi connectivity index (χ0n) is 22.9. The molecule has 1 aliphatic heterocycles. The summed E-state index contributed by atoms with van der Waals surface area (Å²) in [5.74, 6) is 4.65. The lowest BCUT2D eigenvalue weighted by atomic mass is 9.94. The lowest BCUT2D eigenvalue weighted by molar-refractivity contribution is -0.151. The van der Waals surface area contributed by atoms with Crippen molar-refractivity contribution in [3.05, 3.63) is 48.7 Å². The number of hydrogen-bond acceptors (Lipinski definition) is 11. The average Bonchev–Trinajstić information content (AvgIpc) is 3.41. The molecule has 0 bridgehead atoms. The van der Waals surface area contributed by atoms with Gasteiger partial charge in [0.2, 0.25) is 0 Å². The highest BCUT2D eigenvalue weighted by atomic mass is 31.2. The predicted molar refractivity (Wildman–Crippen MR) is 144 cm³/mol. The fourth-order valence-electron chi connectivity index (χ4n) is 4.30. The van der Waals surface area contributed by atoms with Crippen molar-refractivity contribution < 1.29 is 38.1 Å². The van der Waals surface area contributed by atoms with E-state index in [4.69, 9.17) is 18.5 Å². The molecule has 0 amide bonds. The average molecular weight is 573 g/mol. The first-order valence-corrected chi connectivity index (χ1v) is 14.5. The number of para-hydroxylation sites is 1. The molecular weight excluding hydrogens is 539 g/mol. The Morgan fingerprint density at radius 1 is 1.25 bits per heavy atom. The minimum Gasteiger partial charge on any atom is -0.463 e. The van der Waals surface area contributed by atoms with Gasteiger partial charge in [-0.05, 0) is 39.8 Å². The minimum absolute atomic E-state index is 0.273. The number of aryl methyl sites for hydroxylation is 1. The summed E-state index contributed by atoms with van der Waals surface area (Å²) in [6.45, 7) is 7.78. The maximum Gasteiger partial charge on any atom is 0.380 e. The molecule has 13 heteroatoms. The Labute approximate surface area is 232 Å². The molecule has 0 spiro atoms. The Bertz CT molecular complexity index is 1450. The Morgan fingerprint density at radius 3 is 2.65 bits per heavy atom. The summed E-state index contributed by atoms with van der Waals surface area (Å²) in [5, 5.41) is 22.7. The molecule has 214 valence electrons. The molecule has 6 atom stereocenters. The molecular formula is C27H33N4O8P. The van der Waals surface area contributed by atoms with Gasteiger partial charge in [0, 0.05) is 0 Å². The van der Waals surface area contributed by atoms with Gasteiger partial charge in [-0.1, -0.05) is 31.0 Å². The summed E-state index contributed by atoms with van der Waals surface area (Å²) < 4.78 is 38.3. The van der Waals surface area contributed by atoms with E-state index in [9.17, 15) is 19.6 Å². The Kier molecular flexibility index (Phi) is 8.93. The third-order valence-corrected chi connectivity index (χ3v) is 8.20. The zero-order chi connectivity index (χ0) is 29.1. The normalized spacial score (nSPS) is 24.8. The molecule has 2 aromatic heterocycles. The van der Waals surface area contributed by atoms with E-state index in [1.54, 1.807) is 58.0 Å². The molecule has 1 aromatic carbocycles. The SMILES string of the molecule is CC#CC1(O)[C@@H](O)[C@@H](CO[P@@](=O)(C[C@@H](C)C(=O)OC(C)C)Oc2ccccc2)O[C@H]1n1cnc2cnc(C)nc21. The van der Waals surface area contributed by atoms with Crippen LogP contribution in [0.3, 0.4) is 0 Å². The van der Waals surface area contributed by atoms with Crippen molar-refractivity contribution in [3.8, 4) is 17.6 Å². The van der Waals surface area contributed by atoms with E-state index in [-0.39, 0.29) is 18.0 Å². The van der Waals surface area contributed by atoms with Gasteiger partial charge in [-0.2, -0.15) is 0 Å². The van der Waals surface area contributed by atoms with Crippen molar-refractivity contribution in [1.82, 2.24) is 19.5 Å². The molecule has 0 radical (unpaired) electrons. The number of carbonyl (C=O) groups excluding carboxylic acids is 1. The third-order valence-electron chi connectivity index (χ3n) is 6.17. The summed E-state index contributed by atoms with van der Waals surface area (Å²) in [6, 6.07) is 8.39. The van der Waals surface area contributed by atoms with Crippen molar-refractivity contribution in [2.45, 2.75) is 64.8 Å². The van der Waals surface area contributed by atoms with E-state index in [0.29, 0.717) is 17.0 Å². The van der Waals surface area contributed by atoms with E-state index in [1.807, 2.05) is 0 Å². The first kappa shape index (κ1) is 29.6. The molecule has 0 aliphatic carbocycles. The van der Waals surface area contributed by atoms with Crippen molar-refractivity contribution in [2.24, 2.45) is 5.92 Å². The van der Waals surface area contributed by atoms with Crippen molar-refractivity contribution in [3.63, 3.8) is 0 Å². The largest absolute Gasteiger partial charge is 0.463 e. The zero-order valence-corrected chi connectivity index (χ0v) is 23.8. The van der Waals surface area contributed by atoms with Crippen LogP contribution in [-0.2, 0) is 23.4 Å². The second-order valence-corrected chi connectivity index (χ2v) is 11.9. The van der Waals surface area contributed by atoms with Gasteiger partial charge in [-0.25, -0.2) is 19.5 Å². The quantitative estimate of drug-likeness (QED) is 0.209. The van der Waals surface area contributed by atoms with Gasteiger partial charge in [-0.15, -0.1) is 5.92 Å². The van der Waals surface area contributed by atoms with Crippen LogP contribution in [0.1, 0.15) is 39.7 Å². The summed E-state index contributed by atoms with van der Waals surface area (Å²) in [4.78, 5) is 25.2. The first-order chi connectivity index (χ1) is 19.0. The van der Waals surface area contributed by atoms with Crippen LogP contribution in [0, 0.1) is 24.7 Å². The van der Waals surface area contributed by atoms with Crippen molar-refractivity contribution >= 4 is 24.7 Å². The highest BCUT2D eigenvalue weighted by Crippen LogP contribution is 2.51. The first-order valence-electron chi connectivity index (χ1n) is 12.8. The molecule has 0 saturated carbocycles. The molecule has 1 fully saturated rings. The van der Waals surface area contributed by atoms with Gasteiger partial charge in [0.25, 0.3) is 0 Å². The lowest BCUT2D eigenvalue weighted by Crippen LogP contribution is -2.46. The number of fused-ring (bicyclic) bond motifs is 1. The monoisotopic (exact) mass is 572 g/mol. The number of aromatic nitrogens is 4. The predicted octanol–water partition coefficient (Wildman–Crippen LogP) is 3.02. The van der Waals surface area contributed by atoms with E-state index >= 15 is 0 Å². The summed E-state index contributed by atoms with van der Waals surface area (Å²) in [6.07, 6.45) is -1.67. The summed E-state index contributed by atoms with van der Waals surface area (Å²) in [7, 11) is -4.01. The number of imidazole rings is 1. The van der Waals surface area contributed by atoms with Crippen LogP contribution in [0.15, 0.2) is 42.9 Å². The van der Waals surface area contributed by atoms with Crippen LogP contribution < -0.4 is 4.52 Å². The number of rotatable bonds is 10. The van der Waals surface area contributed by atoms with Gasteiger partial charge in [0.05, 0.1) is 37.3 Å². The number of esters is 1. The number of aliphatic hydroxyl groups excluding tert-OH is 1. The Balaban J connectivity index is 1.59. The van der Waals surface area contributed by atoms with Crippen LogP contribution in [0.25, 0.3) is 11.2 Å². The van der Waals surface area contributed by atoms with Gasteiger partial charge in [0.1, 0.15) is 29.3 Å². The maximum absolute atomic E-state index is 13.9. The number of nitrogens with zero attached hydrogens (tertiary/aromatic N) is 4. The molecule has 12 nitrogen and oxygen atoms in total. The molecule has 1 saturated heterocycles. The van der Waals surface area contributed by atoms with E-state index in [0.717, 1.165) is 0 Å². The molecule has 1 unspecified atom stereocenters. The molecule has 40 heavy (non-hydrogen) atoms. The number of ether oxygens (including phenoxy) is 2. The van der Waals surface area contributed by atoms with Crippen LogP contribution >= 0.6 is 7.60 Å². The van der Waals surface area contributed by atoms with Crippen LogP contribution in [-0.4, -0.2) is 72.4 Å². The van der Waals surface area contributed by atoms with Gasteiger partial charge < -0.3 is 24.2 Å². The molecule has 2 N–H and O–H groups in total. The maximum atomic E-state index is 13.9. The van der Waals surface area contributed by atoms with Crippen LogP contribution in [0.5, 0.6) is 5.75 Å². The second-order valence-electron chi connectivity index (χ2n) is 9.83. The molecule has 3 aromatic rings. The fraction of sp³-hybridized carbons (Fsp3) is 0.481. The Hall–Kier alpha value is -3.33. The van der Waals surface area contributed by atoms with E-state index < -0.39 is 50.1 Å². The summed E-state index contributed by atoms with van der Waals surface area (Å²) in [5.41, 5.74) is -1.25. The number of aliphatic hydroxyl groups is 2. The number of benzene rings is 1. The van der Waals surface area contributed by atoms with Crippen molar-refractivity contribution in [1.29, 1.82) is 0 Å². The standard InChI is InChI=1S/C27H33N4O8P/c1-6-12-27(34)23(32)22(38-26(27)31-16-29-21-13-28-19(5)30-24(21)31)14-36-40(35,39-20-10-8-7-9-11-20)15-18(4)25(33)37-17(2)3/h7-11,13,16-18,22-23,26,32,34H,14-15H2,1-5H3/t18-,22-,23+,26-,27?,40+/m1/s1. The van der Waals surface area contributed by atoms with Gasteiger partial charge >= 0.3 is 13.6 Å². The summed E-state index contributed by atoms with van der Waals surface area (Å²) >= 11 is 0. The Morgan fingerprint density at radius 2 is 1.98 bits per heavy atom. The highest BCUT2D eigenvalue weighted by Gasteiger charge is 2.56. The number of hydrogen-bond donors (Lipinski definition) is 2. The fourth-order valence-corrected chi connectivity index (χ4v) is 6.17. The third kappa shape index (κ3) is 6.35. The second kappa shape index (κ2) is 12.0. The molecule has 1 aliphatic rings. The highest BCUT2D eigenvalue weighted by molar-refractivity contribution is 7.54. The van der Waals surface area contributed by atoms with Crippen LogP contribution in [0.2, 0.25) is 0 Å². The van der Waals surface area contributed by atoms with Gasteiger partial charge in [0.15, 0.2) is 17.5 Å². The topological polar surface area (TPSA) is 155 Å². The van der Waals surface area contributed by atoms with E-state index in [2.05, 4.69) is 26.8 Å². The molecule has 3 heterocycles. The van der Waals surface area contributed by atoms with Crippen LogP contribution in [0.4, 0.5) is 0 Å². The lowest BCUT2D eigenvalue weighted by Gasteiger charge is -2.26. The molecule has 4 rings (SSSR count).